The van der Waals surface area contributed by atoms with E-state index in [1.54, 1.807) is 18.2 Å². The van der Waals surface area contributed by atoms with Gasteiger partial charge in [-0.1, -0.05) is 6.07 Å². The second kappa shape index (κ2) is 2.49. The van der Waals surface area contributed by atoms with Crippen LogP contribution in [0.1, 0.15) is 5.89 Å². The van der Waals surface area contributed by atoms with Gasteiger partial charge in [-0.15, -0.1) is 0 Å². The summed E-state index contributed by atoms with van der Waals surface area (Å²) < 4.78 is 5.20. The Bertz CT molecular complexity index is 408. The number of hydrogen-bond acceptors (Lipinski definition) is 4. The van der Waals surface area contributed by atoms with Crippen molar-refractivity contribution in [2.75, 3.05) is 0 Å². The first-order valence-electron chi connectivity index (χ1n) is 3.58. The SMILES string of the molecule is NCc1nc2c(O)cccc2o1. The molecule has 0 amide bonds. The van der Waals surface area contributed by atoms with Crippen LogP contribution in [0.15, 0.2) is 22.6 Å². The van der Waals surface area contributed by atoms with Crippen LogP contribution in [0.2, 0.25) is 0 Å². The second-order valence-corrected chi connectivity index (χ2v) is 2.44. The molecule has 0 fully saturated rings. The smallest absolute Gasteiger partial charge is 0.209 e. The largest absolute Gasteiger partial charge is 0.506 e. The van der Waals surface area contributed by atoms with Gasteiger partial charge in [0.2, 0.25) is 5.89 Å². The van der Waals surface area contributed by atoms with E-state index >= 15 is 0 Å². The van der Waals surface area contributed by atoms with Crippen molar-refractivity contribution < 1.29 is 9.52 Å². The highest BCUT2D eigenvalue weighted by Crippen LogP contribution is 2.23. The molecule has 0 aliphatic heterocycles. The number of hydrogen-bond donors (Lipinski definition) is 2. The van der Waals surface area contributed by atoms with Crippen LogP contribution in [0, 0.1) is 0 Å². The molecule has 2 rings (SSSR count). The van der Waals surface area contributed by atoms with E-state index in [1.165, 1.54) is 0 Å². The number of phenolic OH excluding ortho intramolecular Hbond substituents is 1. The Kier molecular flexibility index (Phi) is 1.48. The molecule has 0 spiro atoms. The van der Waals surface area contributed by atoms with E-state index in [-0.39, 0.29) is 12.3 Å². The molecule has 0 atom stereocenters. The third-order valence-corrected chi connectivity index (χ3v) is 1.62. The predicted molar refractivity (Wildman–Crippen MR) is 43.6 cm³/mol. The Balaban J connectivity index is 2.74. The lowest BCUT2D eigenvalue weighted by Crippen LogP contribution is -1.94. The summed E-state index contributed by atoms with van der Waals surface area (Å²) in [6.07, 6.45) is 0. The molecule has 1 aromatic heterocycles. The van der Waals surface area contributed by atoms with E-state index in [1.807, 2.05) is 0 Å². The van der Waals surface area contributed by atoms with Gasteiger partial charge in [-0.2, -0.15) is 0 Å². The fraction of sp³-hybridized carbons (Fsp3) is 0.125. The Morgan fingerprint density at radius 2 is 2.33 bits per heavy atom. The van der Waals surface area contributed by atoms with Crippen LogP contribution < -0.4 is 5.73 Å². The lowest BCUT2D eigenvalue weighted by Gasteiger charge is -1.87. The Labute approximate surface area is 68.6 Å². The number of nitrogens with zero attached hydrogens (tertiary/aromatic N) is 1. The number of para-hydroxylation sites is 1. The fourth-order valence-corrected chi connectivity index (χ4v) is 1.07. The van der Waals surface area contributed by atoms with Gasteiger partial charge in [0.05, 0.1) is 6.54 Å². The Morgan fingerprint density at radius 3 is 3.00 bits per heavy atom. The van der Waals surface area contributed by atoms with Crippen molar-refractivity contribution in [3.8, 4) is 5.75 Å². The van der Waals surface area contributed by atoms with Crippen molar-refractivity contribution in [2.45, 2.75) is 6.54 Å². The number of rotatable bonds is 1. The molecule has 4 heteroatoms. The van der Waals surface area contributed by atoms with Crippen molar-refractivity contribution >= 4 is 11.1 Å². The summed E-state index contributed by atoms with van der Waals surface area (Å²) in [6.45, 7) is 0.244. The summed E-state index contributed by atoms with van der Waals surface area (Å²) in [6, 6.07) is 5.00. The minimum Gasteiger partial charge on any atom is -0.506 e. The van der Waals surface area contributed by atoms with E-state index < -0.39 is 0 Å². The predicted octanol–water partition coefficient (Wildman–Crippen LogP) is 0.992. The highest BCUT2D eigenvalue weighted by Gasteiger charge is 2.06. The number of phenols is 1. The fourth-order valence-electron chi connectivity index (χ4n) is 1.07. The number of aromatic nitrogens is 1. The van der Waals surface area contributed by atoms with E-state index in [2.05, 4.69) is 4.98 Å². The molecule has 0 unspecified atom stereocenters. The molecule has 3 N–H and O–H groups in total. The van der Waals surface area contributed by atoms with Crippen LogP contribution in [0.3, 0.4) is 0 Å². The minimum atomic E-state index is 0.121. The van der Waals surface area contributed by atoms with Crippen molar-refractivity contribution in [3.05, 3.63) is 24.1 Å². The van der Waals surface area contributed by atoms with Crippen LogP contribution >= 0.6 is 0 Å². The topological polar surface area (TPSA) is 72.3 Å². The summed E-state index contributed by atoms with van der Waals surface area (Å²) >= 11 is 0. The van der Waals surface area contributed by atoms with Crippen molar-refractivity contribution in [3.63, 3.8) is 0 Å². The normalized spacial score (nSPS) is 10.8. The molecule has 1 aromatic carbocycles. The highest BCUT2D eigenvalue weighted by atomic mass is 16.4. The standard InChI is InChI=1S/C8H8N2O2/c9-4-7-10-8-5(11)2-1-3-6(8)12-7/h1-3,11H,4,9H2. The lowest BCUT2D eigenvalue weighted by atomic mass is 10.3. The van der Waals surface area contributed by atoms with Crippen LogP contribution in [0.4, 0.5) is 0 Å². The summed E-state index contributed by atoms with van der Waals surface area (Å²) in [5.74, 6) is 0.558. The third kappa shape index (κ3) is 0.931. The van der Waals surface area contributed by atoms with Gasteiger partial charge in [0, 0.05) is 0 Å². The van der Waals surface area contributed by atoms with Gasteiger partial charge in [0.15, 0.2) is 11.1 Å². The molecule has 12 heavy (non-hydrogen) atoms. The minimum absolute atomic E-state index is 0.121. The van der Waals surface area contributed by atoms with E-state index in [0.717, 1.165) is 0 Å². The molecular formula is C8H8N2O2. The molecule has 0 saturated heterocycles. The van der Waals surface area contributed by atoms with Crippen LogP contribution in [-0.4, -0.2) is 10.1 Å². The lowest BCUT2D eigenvalue weighted by molar-refractivity contribution is 0.480. The molecule has 0 aliphatic rings. The van der Waals surface area contributed by atoms with Gasteiger partial charge in [-0.05, 0) is 12.1 Å². The highest BCUT2D eigenvalue weighted by molar-refractivity contribution is 5.79. The summed E-state index contributed by atoms with van der Waals surface area (Å²) in [5.41, 5.74) is 6.36. The first-order valence-corrected chi connectivity index (χ1v) is 3.58. The molecule has 62 valence electrons. The molecule has 0 bridgehead atoms. The number of benzene rings is 1. The molecular weight excluding hydrogens is 156 g/mol. The average molecular weight is 164 g/mol. The monoisotopic (exact) mass is 164 g/mol. The zero-order valence-electron chi connectivity index (χ0n) is 6.32. The second-order valence-electron chi connectivity index (χ2n) is 2.44. The molecule has 1 heterocycles. The maximum atomic E-state index is 9.32. The summed E-state index contributed by atoms with van der Waals surface area (Å²) in [5, 5.41) is 9.32. The molecule has 0 radical (unpaired) electrons. The van der Waals surface area contributed by atoms with Crippen molar-refractivity contribution in [2.24, 2.45) is 5.73 Å². The van der Waals surface area contributed by atoms with Gasteiger partial charge in [-0.25, -0.2) is 4.98 Å². The first-order chi connectivity index (χ1) is 5.81. The maximum absolute atomic E-state index is 9.32. The van der Waals surface area contributed by atoms with Gasteiger partial charge in [0.25, 0.3) is 0 Å². The molecule has 0 aliphatic carbocycles. The first kappa shape index (κ1) is 7.12. The van der Waals surface area contributed by atoms with Gasteiger partial charge in [-0.3, -0.25) is 0 Å². The van der Waals surface area contributed by atoms with Crippen LogP contribution in [0.5, 0.6) is 5.75 Å². The van der Waals surface area contributed by atoms with E-state index in [4.69, 9.17) is 10.2 Å². The molecule has 4 nitrogen and oxygen atoms in total. The van der Waals surface area contributed by atoms with Crippen molar-refractivity contribution in [1.82, 2.24) is 4.98 Å². The Hall–Kier alpha value is -1.55. The van der Waals surface area contributed by atoms with Gasteiger partial charge >= 0.3 is 0 Å². The van der Waals surface area contributed by atoms with Crippen LogP contribution in [0.25, 0.3) is 11.1 Å². The molecule has 0 saturated carbocycles. The third-order valence-electron chi connectivity index (χ3n) is 1.62. The number of oxazole rings is 1. The average Bonchev–Trinajstić information content (AvgIpc) is 2.49. The van der Waals surface area contributed by atoms with E-state index in [9.17, 15) is 5.11 Å². The summed E-state index contributed by atoms with van der Waals surface area (Å²) in [7, 11) is 0. The zero-order chi connectivity index (χ0) is 8.55. The summed E-state index contributed by atoms with van der Waals surface area (Å²) in [4.78, 5) is 3.99. The number of aromatic hydroxyl groups is 1. The zero-order valence-corrected chi connectivity index (χ0v) is 6.32. The van der Waals surface area contributed by atoms with Gasteiger partial charge in [0.1, 0.15) is 5.75 Å². The van der Waals surface area contributed by atoms with E-state index in [0.29, 0.717) is 17.0 Å². The number of nitrogens with two attached hydrogens (primary N) is 1. The number of fused-ring (bicyclic) bond motifs is 1. The van der Waals surface area contributed by atoms with Gasteiger partial charge < -0.3 is 15.3 Å². The molecule has 2 aromatic rings. The van der Waals surface area contributed by atoms with Crippen LogP contribution in [-0.2, 0) is 6.54 Å². The maximum Gasteiger partial charge on any atom is 0.209 e. The van der Waals surface area contributed by atoms with Crippen molar-refractivity contribution in [1.29, 1.82) is 0 Å². The Morgan fingerprint density at radius 1 is 1.50 bits per heavy atom. The quantitative estimate of drug-likeness (QED) is 0.659.